The van der Waals surface area contributed by atoms with Crippen LogP contribution in [0.3, 0.4) is 0 Å². The van der Waals surface area contributed by atoms with Gasteiger partial charge in [-0.25, -0.2) is 0 Å². The lowest BCUT2D eigenvalue weighted by Gasteiger charge is -2.12. The molecule has 2 nitrogen and oxygen atoms in total. The second kappa shape index (κ2) is 6.83. The van der Waals surface area contributed by atoms with Crippen LogP contribution in [0.5, 0.6) is 5.75 Å². The number of benzene rings is 1. The molecular weight excluding hydrogens is 244 g/mol. The van der Waals surface area contributed by atoms with E-state index in [9.17, 15) is 4.79 Å². The number of ketones is 1. The van der Waals surface area contributed by atoms with Crippen molar-refractivity contribution in [2.75, 3.05) is 12.4 Å². The van der Waals surface area contributed by atoms with Crippen LogP contribution in [-0.2, 0) is 0 Å². The molecule has 100 valence electrons. The predicted molar refractivity (Wildman–Crippen MR) is 79.0 cm³/mol. The van der Waals surface area contributed by atoms with Gasteiger partial charge in [-0.3, -0.25) is 4.79 Å². The number of carbonyl (C=O) groups excluding carboxylic acids is 1. The van der Waals surface area contributed by atoms with Crippen LogP contribution >= 0.6 is 11.8 Å². The molecule has 0 aliphatic rings. The minimum atomic E-state index is 0.206. The van der Waals surface area contributed by atoms with Crippen molar-refractivity contribution in [3.63, 3.8) is 0 Å². The smallest absolute Gasteiger partial charge is 0.173 e. The van der Waals surface area contributed by atoms with E-state index in [0.717, 1.165) is 22.4 Å². The van der Waals surface area contributed by atoms with Gasteiger partial charge in [-0.2, -0.15) is 11.8 Å². The summed E-state index contributed by atoms with van der Waals surface area (Å²) in [6.07, 6.45) is 0. The summed E-state index contributed by atoms with van der Waals surface area (Å²) in [5.74, 6) is 1.63. The number of rotatable bonds is 6. The average Bonchev–Trinajstić information content (AvgIpc) is 2.30. The first-order valence-electron chi connectivity index (χ1n) is 6.34. The number of Topliss-reactive ketones (excluding diaryl/α,β-unsaturated/α-hetero) is 1. The van der Waals surface area contributed by atoms with Crippen LogP contribution in [-0.4, -0.2) is 23.4 Å². The third-order valence-corrected chi connectivity index (χ3v) is 3.77. The molecular formula is C15H22O2S. The molecule has 18 heavy (non-hydrogen) atoms. The van der Waals surface area contributed by atoms with Crippen LogP contribution in [0, 0.1) is 13.8 Å². The van der Waals surface area contributed by atoms with Crippen LogP contribution in [0.1, 0.15) is 42.3 Å². The van der Waals surface area contributed by atoms with Gasteiger partial charge in [0.15, 0.2) is 5.78 Å². The fourth-order valence-corrected chi connectivity index (χ4v) is 2.36. The molecule has 0 amide bonds. The number of thioether (sulfide) groups is 1. The van der Waals surface area contributed by atoms with Gasteiger partial charge in [-0.1, -0.05) is 13.8 Å². The second-order valence-electron chi connectivity index (χ2n) is 4.65. The van der Waals surface area contributed by atoms with Crippen LogP contribution in [0.2, 0.25) is 0 Å². The molecule has 0 N–H and O–H groups in total. The Hall–Kier alpha value is -0.960. The normalized spacial score (nSPS) is 10.8. The Morgan fingerprint density at radius 3 is 2.50 bits per heavy atom. The van der Waals surface area contributed by atoms with E-state index in [1.54, 1.807) is 11.8 Å². The summed E-state index contributed by atoms with van der Waals surface area (Å²) < 4.78 is 5.53. The zero-order valence-corrected chi connectivity index (χ0v) is 12.7. The van der Waals surface area contributed by atoms with Gasteiger partial charge in [0.2, 0.25) is 0 Å². The van der Waals surface area contributed by atoms with Crippen molar-refractivity contribution in [2.45, 2.75) is 39.9 Å². The van der Waals surface area contributed by atoms with Crippen molar-refractivity contribution in [1.29, 1.82) is 0 Å². The van der Waals surface area contributed by atoms with Crippen LogP contribution in [0.4, 0.5) is 0 Å². The average molecular weight is 266 g/mol. The van der Waals surface area contributed by atoms with Gasteiger partial charge < -0.3 is 4.74 Å². The standard InChI is InChI=1S/C15H22O2S/c1-6-17-15-8-11(4)13(7-12(15)5)14(16)9-18-10(2)3/h7-8,10H,6,9H2,1-5H3. The zero-order chi connectivity index (χ0) is 13.7. The molecule has 0 unspecified atom stereocenters. The molecule has 1 rings (SSSR count). The maximum absolute atomic E-state index is 12.1. The number of carbonyl (C=O) groups is 1. The SMILES string of the molecule is CCOc1cc(C)c(C(=O)CSC(C)C)cc1C. The minimum absolute atomic E-state index is 0.206. The highest BCUT2D eigenvalue weighted by atomic mass is 32.2. The maximum atomic E-state index is 12.1. The first-order valence-corrected chi connectivity index (χ1v) is 7.39. The molecule has 0 radical (unpaired) electrons. The van der Waals surface area contributed by atoms with Gasteiger partial charge in [0.05, 0.1) is 12.4 Å². The summed E-state index contributed by atoms with van der Waals surface area (Å²) in [5, 5.41) is 0.484. The summed E-state index contributed by atoms with van der Waals surface area (Å²) in [7, 11) is 0. The van der Waals surface area contributed by atoms with E-state index in [0.29, 0.717) is 17.6 Å². The Balaban J connectivity index is 2.89. The van der Waals surface area contributed by atoms with E-state index < -0.39 is 0 Å². The van der Waals surface area contributed by atoms with Gasteiger partial charge in [-0.15, -0.1) is 0 Å². The Morgan fingerprint density at radius 1 is 1.28 bits per heavy atom. The van der Waals surface area contributed by atoms with Crippen molar-refractivity contribution in [3.05, 3.63) is 28.8 Å². The Labute approximate surface area is 114 Å². The molecule has 1 aromatic carbocycles. The lowest BCUT2D eigenvalue weighted by Crippen LogP contribution is -2.08. The molecule has 1 aromatic rings. The first-order chi connectivity index (χ1) is 8.45. The molecule has 0 aliphatic heterocycles. The molecule has 0 fully saturated rings. The summed E-state index contributed by atoms with van der Waals surface area (Å²) in [6.45, 7) is 10.8. The van der Waals surface area contributed by atoms with E-state index >= 15 is 0 Å². The molecule has 0 spiro atoms. The van der Waals surface area contributed by atoms with Gasteiger partial charge in [0.1, 0.15) is 5.75 Å². The molecule has 3 heteroatoms. The zero-order valence-electron chi connectivity index (χ0n) is 11.9. The highest BCUT2D eigenvalue weighted by Crippen LogP contribution is 2.24. The third-order valence-electron chi connectivity index (χ3n) is 2.67. The Kier molecular flexibility index (Phi) is 5.73. The second-order valence-corrected chi connectivity index (χ2v) is 6.21. The molecule has 0 heterocycles. The van der Waals surface area contributed by atoms with Gasteiger partial charge in [0, 0.05) is 5.56 Å². The Bertz CT molecular complexity index is 425. The van der Waals surface area contributed by atoms with Crippen molar-refractivity contribution in [2.24, 2.45) is 0 Å². The highest BCUT2D eigenvalue weighted by molar-refractivity contribution is 8.00. The number of ether oxygens (including phenoxy) is 1. The van der Waals surface area contributed by atoms with E-state index in [-0.39, 0.29) is 5.78 Å². The highest BCUT2D eigenvalue weighted by Gasteiger charge is 2.13. The number of hydrogen-bond acceptors (Lipinski definition) is 3. The van der Waals surface area contributed by atoms with Crippen molar-refractivity contribution >= 4 is 17.5 Å². The quantitative estimate of drug-likeness (QED) is 0.727. The topological polar surface area (TPSA) is 26.3 Å². The fraction of sp³-hybridized carbons (Fsp3) is 0.533. The third kappa shape index (κ3) is 4.05. The summed E-state index contributed by atoms with van der Waals surface area (Å²) >= 11 is 1.68. The van der Waals surface area contributed by atoms with E-state index in [1.807, 2.05) is 32.9 Å². The van der Waals surface area contributed by atoms with E-state index in [2.05, 4.69) is 13.8 Å². The summed E-state index contributed by atoms with van der Waals surface area (Å²) in [5.41, 5.74) is 2.85. The molecule has 0 bridgehead atoms. The molecule has 0 saturated carbocycles. The van der Waals surface area contributed by atoms with Gasteiger partial charge in [-0.05, 0) is 49.3 Å². The van der Waals surface area contributed by atoms with Gasteiger partial charge in [0.25, 0.3) is 0 Å². The Morgan fingerprint density at radius 2 is 1.94 bits per heavy atom. The summed E-state index contributed by atoms with van der Waals surface area (Å²) in [6, 6.07) is 3.91. The molecule has 0 aromatic heterocycles. The van der Waals surface area contributed by atoms with E-state index in [4.69, 9.17) is 4.74 Å². The van der Waals surface area contributed by atoms with Crippen LogP contribution in [0.15, 0.2) is 12.1 Å². The van der Waals surface area contributed by atoms with Gasteiger partial charge >= 0.3 is 0 Å². The number of aryl methyl sites for hydroxylation is 2. The van der Waals surface area contributed by atoms with Crippen molar-refractivity contribution in [3.8, 4) is 5.75 Å². The fourth-order valence-electron chi connectivity index (χ4n) is 1.72. The van der Waals surface area contributed by atoms with Crippen molar-refractivity contribution in [1.82, 2.24) is 0 Å². The minimum Gasteiger partial charge on any atom is -0.494 e. The number of hydrogen-bond donors (Lipinski definition) is 0. The molecule has 0 atom stereocenters. The maximum Gasteiger partial charge on any atom is 0.173 e. The molecule has 0 saturated heterocycles. The van der Waals surface area contributed by atoms with Crippen LogP contribution in [0.25, 0.3) is 0 Å². The van der Waals surface area contributed by atoms with Crippen molar-refractivity contribution < 1.29 is 9.53 Å². The van der Waals surface area contributed by atoms with Crippen LogP contribution < -0.4 is 4.74 Å². The van der Waals surface area contributed by atoms with E-state index in [1.165, 1.54) is 0 Å². The lowest BCUT2D eigenvalue weighted by molar-refractivity contribution is 0.102. The largest absolute Gasteiger partial charge is 0.494 e. The monoisotopic (exact) mass is 266 g/mol. The summed E-state index contributed by atoms with van der Waals surface area (Å²) in [4.78, 5) is 12.1. The predicted octanol–water partition coefficient (Wildman–Crippen LogP) is 4.03. The lowest BCUT2D eigenvalue weighted by atomic mass is 10.0. The first kappa shape index (κ1) is 15.1. The molecule has 0 aliphatic carbocycles.